The van der Waals surface area contributed by atoms with Crippen LogP contribution in [-0.4, -0.2) is 24.6 Å². The highest BCUT2D eigenvalue weighted by atomic mass is 15.2. The fourth-order valence-electron chi connectivity index (χ4n) is 2.62. The Kier molecular flexibility index (Phi) is 3.01. The molecule has 0 unspecified atom stereocenters. The minimum Gasteiger partial charge on any atom is -0.368 e. The molecule has 0 aliphatic rings. The van der Waals surface area contributed by atoms with Crippen LogP contribution in [0.25, 0.3) is 28.2 Å². The second kappa shape index (κ2) is 5.17. The lowest BCUT2D eigenvalue weighted by molar-refractivity contribution is 0.961. The van der Waals surface area contributed by atoms with Gasteiger partial charge in [-0.3, -0.25) is 4.98 Å². The molecule has 0 aliphatic carbocycles. The normalized spacial score (nSPS) is 11.0. The summed E-state index contributed by atoms with van der Waals surface area (Å²) in [7, 11) is 0. The van der Waals surface area contributed by atoms with Crippen LogP contribution in [0.3, 0.4) is 0 Å². The van der Waals surface area contributed by atoms with Crippen molar-refractivity contribution in [3.8, 4) is 22.6 Å². The second-order valence-electron chi connectivity index (χ2n) is 5.22. The summed E-state index contributed by atoms with van der Waals surface area (Å²) in [5.74, 6) is 0.237. The van der Waals surface area contributed by atoms with Gasteiger partial charge in [0.05, 0.1) is 22.5 Å². The molecule has 0 atom stereocenters. The molecule has 0 aliphatic heterocycles. The fourth-order valence-corrected chi connectivity index (χ4v) is 2.62. The largest absolute Gasteiger partial charge is 0.368 e. The number of pyridine rings is 2. The highest BCUT2D eigenvalue weighted by Gasteiger charge is 2.18. The number of nitrogens with zero attached hydrogens (tertiary/aromatic N) is 5. The number of aromatic nitrogens is 5. The number of nitrogens with two attached hydrogens (primary N) is 1. The molecule has 0 fully saturated rings. The molecule has 0 bridgehead atoms. The van der Waals surface area contributed by atoms with Crippen LogP contribution in [0.1, 0.15) is 5.69 Å². The maximum atomic E-state index is 5.76. The first-order valence-corrected chi connectivity index (χ1v) is 7.23. The molecule has 4 aromatic heterocycles. The third-order valence-electron chi connectivity index (χ3n) is 3.60. The van der Waals surface area contributed by atoms with E-state index in [1.54, 1.807) is 6.20 Å². The van der Waals surface area contributed by atoms with E-state index in [0.29, 0.717) is 0 Å². The molecule has 4 rings (SSSR count). The van der Waals surface area contributed by atoms with Crippen molar-refractivity contribution < 1.29 is 0 Å². The first kappa shape index (κ1) is 13.4. The molecule has 2 N–H and O–H groups in total. The van der Waals surface area contributed by atoms with Crippen molar-refractivity contribution in [2.45, 2.75) is 6.92 Å². The Balaban J connectivity index is 2.06. The van der Waals surface area contributed by atoms with E-state index in [4.69, 9.17) is 5.73 Å². The van der Waals surface area contributed by atoms with E-state index in [1.807, 2.05) is 60.1 Å². The molecule has 0 saturated heterocycles. The standard InChI is InChI=1S/C17H14N6/c1-11-5-4-6-13(20-11)16-15(12-8-9-19-17(18)21-12)14-7-2-3-10-23(14)22-16/h2-10H,1H3,(H2,18,19,21). The van der Waals surface area contributed by atoms with Crippen LogP contribution in [0, 0.1) is 6.92 Å². The summed E-state index contributed by atoms with van der Waals surface area (Å²) in [6, 6.07) is 13.6. The van der Waals surface area contributed by atoms with E-state index in [1.165, 1.54) is 0 Å². The third-order valence-corrected chi connectivity index (χ3v) is 3.60. The quantitative estimate of drug-likeness (QED) is 0.615. The van der Waals surface area contributed by atoms with Gasteiger partial charge in [0.15, 0.2) is 0 Å². The number of aryl methyl sites for hydroxylation is 1. The van der Waals surface area contributed by atoms with E-state index in [-0.39, 0.29) is 5.95 Å². The SMILES string of the molecule is Cc1cccc(-c2nn3ccccc3c2-c2ccnc(N)n2)n1. The molecular weight excluding hydrogens is 288 g/mol. The zero-order valence-electron chi connectivity index (χ0n) is 12.5. The van der Waals surface area contributed by atoms with Crippen molar-refractivity contribution in [1.82, 2.24) is 24.6 Å². The zero-order valence-corrected chi connectivity index (χ0v) is 12.5. The number of rotatable bonds is 2. The van der Waals surface area contributed by atoms with Gasteiger partial charge in [0.1, 0.15) is 5.69 Å². The highest BCUT2D eigenvalue weighted by molar-refractivity contribution is 5.89. The van der Waals surface area contributed by atoms with Crippen LogP contribution in [0.15, 0.2) is 54.9 Å². The Labute approximate surface area is 132 Å². The first-order chi connectivity index (χ1) is 11.2. The number of nitrogen functional groups attached to an aromatic ring is 1. The predicted octanol–water partition coefficient (Wildman–Crippen LogP) is 2.74. The van der Waals surface area contributed by atoms with Crippen LogP contribution in [-0.2, 0) is 0 Å². The summed E-state index contributed by atoms with van der Waals surface area (Å²) < 4.78 is 1.83. The minimum atomic E-state index is 0.237. The van der Waals surface area contributed by atoms with E-state index in [9.17, 15) is 0 Å². The Morgan fingerprint density at radius 1 is 0.957 bits per heavy atom. The van der Waals surface area contributed by atoms with Crippen molar-refractivity contribution in [2.75, 3.05) is 5.73 Å². The topological polar surface area (TPSA) is 82.0 Å². The third kappa shape index (κ3) is 2.30. The second-order valence-corrected chi connectivity index (χ2v) is 5.22. The molecule has 0 spiro atoms. The minimum absolute atomic E-state index is 0.237. The van der Waals surface area contributed by atoms with Crippen molar-refractivity contribution in [3.05, 3.63) is 60.6 Å². The molecule has 0 saturated carbocycles. The number of anilines is 1. The fraction of sp³-hybridized carbons (Fsp3) is 0.0588. The summed E-state index contributed by atoms with van der Waals surface area (Å²) in [4.78, 5) is 12.9. The average molecular weight is 302 g/mol. The lowest BCUT2D eigenvalue weighted by Gasteiger charge is -2.04. The van der Waals surface area contributed by atoms with Gasteiger partial charge in [0.2, 0.25) is 5.95 Å². The summed E-state index contributed by atoms with van der Waals surface area (Å²) in [6.07, 6.45) is 3.56. The van der Waals surface area contributed by atoms with Crippen LogP contribution < -0.4 is 5.73 Å². The Bertz CT molecular complexity index is 1000. The van der Waals surface area contributed by atoms with Crippen molar-refractivity contribution in [2.24, 2.45) is 0 Å². The maximum absolute atomic E-state index is 5.76. The summed E-state index contributed by atoms with van der Waals surface area (Å²) in [5.41, 5.74) is 10.9. The van der Waals surface area contributed by atoms with Gasteiger partial charge in [-0.1, -0.05) is 12.1 Å². The molecule has 6 nitrogen and oxygen atoms in total. The predicted molar refractivity (Wildman–Crippen MR) is 88.6 cm³/mol. The maximum Gasteiger partial charge on any atom is 0.220 e. The van der Waals surface area contributed by atoms with Crippen LogP contribution in [0.2, 0.25) is 0 Å². The van der Waals surface area contributed by atoms with E-state index >= 15 is 0 Å². The van der Waals surface area contributed by atoms with Crippen LogP contribution in [0.5, 0.6) is 0 Å². The lowest BCUT2D eigenvalue weighted by Crippen LogP contribution is -1.96. The van der Waals surface area contributed by atoms with Gasteiger partial charge in [-0.05, 0) is 37.3 Å². The molecule has 6 heteroatoms. The van der Waals surface area contributed by atoms with Crippen molar-refractivity contribution >= 4 is 11.5 Å². The number of hydrogen-bond acceptors (Lipinski definition) is 5. The monoisotopic (exact) mass is 302 g/mol. The van der Waals surface area contributed by atoms with Gasteiger partial charge in [0.25, 0.3) is 0 Å². The van der Waals surface area contributed by atoms with Gasteiger partial charge >= 0.3 is 0 Å². The van der Waals surface area contributed by atoms with E-state index in [2.05, 4.69) is 20.1 Å². The molecule has 4 heterocycles. The highest BCUT2D eigenvalue weighted by Crippen LogP contribution is 2.33. The number of fused-ring (bicyclic) bond motifs is 1. The molecule has 4 aromatic rings. The Morgan fingerprint density at radius 3 is 2.70 bits per heavy atom. The molecular formula is C17H14N6. The van der Waals surface area contributed by atoms with Crippen molar-refractivity contribution in [3.63, 3.8) is 0 Å². The summed E-state index contributed by atoms with van der Waals surface area (Å²) in [6.45, 7) is 1.96. The Morgan fingerprint density at radius 2 is 1.87 bits per heavy atom. The van der Waals surface area contributed by atoms with Gasteiger partial charge in [-0.2, -0.15) is 5.10 Å². The van der Waals surface area contributed by atoms with Gasteiger partial charge in [-0.15, -0.1) is 0 Å². The van der Waals surface area contributed by atoms with Gasteiger partial charge < -0.3 is 5.73 Å². The average Bonchev–Trinajstić information content (AvgIpc) is 2.94. The van der Waals surface area contributed by atoms with Gasteiger partial charge in [-0.25, -0.2) is 14.5 Å². The first-order valence-electron chi connectivity index (χ1n) is 7.23. The summed E-state index contributed by atoms with van der Waals surface area (Å²) >= 11 is 0. The zero-order chi connectivity index (χ0) is 15.8. The number of hydrogen-bond donors (Lipinski definition) is 1. The lowest BCUT2D eigenvalue weighted by atomic mass is 10.1. The molecule has 112 valence electrons. The van der Waals surface area contributed by atoms with Crippen LogP contribution >= 0.6 is 0 Å². The molecule has 23 heavy (non-hydrogen) atoms. The summed E-state index contributed by atoms with van der Waals surface area (Å²) in [5, 5.41) is 4.68. The van der Waals surface area contributed by atoms with E-state index in [0.717, 1.165) is 33.9 Å². The van der Waals surface area contributed by atoms with Crippen molar-refractivity contribution in [1.29, 1.82) is 0 Å². The van der Waals surface area contributed by atoms with Gasteiger partial charge in [0, 0.05) is 18.1 Å². The molecule has 0 aromatic carbocycles. The molecule has 0 amide bonds. The van der Waals surface area contributed by atoms with Crippen LogP contribution in [0.4, 0.5) is 5.95 Å². The Hall–Kier alpha value is -3.28. The smallest absolute Gasteiger partial charge is 0.220 e. The molecule has 0 radical (unpaired) electrons. The van der Waals surface area contributed by atoms with E-state index < -0.39 is 0 Å².